The summed E-state index contributed by atoms with van der Waals surface area (Å²) in [5.74, 6) is 1.35. The number of likely N-dealkylation sites (tertiary alicyclic amines) is 1. The summed E-state index contributed by atoms with van der Waals surface area (Å²) < 4.78 is 6.50. The molecule has 8 heteroatoms. The van der Waals surface area contributed by atoms with E-state index in [4.69, 9.17) is 4.74 Å². The molecule has 1 amide bonds. The molecular formula is C25H36N4O3S. The molecule has 1 saturated carbocycles. The normalized spacial score (nSPS) is 26.2. The third kappa shape index (κ3) is 4.88. The number of nitrogens with zero attached hydrogens (tertiary/aromatic N) is 4. The molecule has 7 nitrogen and oxygen atoms in total. The highest BCUT2D eigenvalue weighted by Crippen LogP contribution is 2.47. The Morgan fingerprint density at radius 3 is 2.73 bits per heavy atom. The van der Waals surface area contributed by atoms with Crippen LogP contribution in [0.3, 0.4) is 0 Å². The van der Waals surface area contributed by atoms with Gasteiger partial charge in [-0.2, -0.15) is 0 Å². The zero-order valence-corrected chi connectivity index (χ0v) is 20.6. The molecule has 2 aliphatic carbocycles. The van der Waals surface area contributed by atoms with Crippen molar-refractivity contribution in [3.05, 3.63) is 16.8 Å². The van der Waals surface area contributed by atoms with Crippen LogP contribution in [0.2, 0.25) is 0 Å². The third-order valence-corrected chi connectivity index (χ3v) is 8.88. The number of carbonyl (C=O) groups is 1. The summed E-state index contributed by atoms with van der Waals surface area (Å²) in [5, 5.41) is 11.1. The first-order chi connectivity index (χ1) is 16.0. The number of carbonyl (C=O) groups excluding carboxylic acids is 1. The second kappa shape index (κ2) is 9.84. The van der Waals surface area contributed by atoms with E-state index < -0.39 is 0 Å². The second-order valence-corrected chi connectivity index (χ2v) is 11.3. The summed E-state index contributed by atoms with van der Waals surface area (Å²) in [5.41, 5.74) is 1.32. The van der Waals surface area contributed by atoms with Crippen LogP contribution in [0.25, 0.3) is 10.2 Å². The number of aliphatic hydroxyl groups is 1. The Balaban J connectivity index is 1.22. The van der Waals surface area contributed by atoms with Crippen molar-refractivity contribution in [2.24, 2.45) is 0 Å². The molecule has 180 valence electrons. The van der Waals surface area contributed by atoms with Crippen LogP contribution in [0.4, 0.5) is 0 Å². The van der Waals surface area contributed by atoms with Crippen molar-refractivity contribution in [3.8, 4) is 5.88 Å². The maximum atomic E-state index is 12.5. The first-order valence-electron chi connectivity index (χ1n) is 12.6. The average molecular weight is 473 g/mol. The summed E-state index contributed by atoms with van der Waals surface area (Å²) >= 11 is 1.76. The highest BCUT2D eigenvalue weighted by atomic mass is 32.1. The van der Waals surface area contributed by atoms with Crippen molar-refractivity contribution in [1.29, 1.82) is 0 Å². The molecule has 0 bridgehead atoms. The van der Waals surface area contributed by atoms with Crippen LogP contribution in [0.15, 0.2) is 6.33 Å². The summed E-state index contributed by atoms with van der Waals surface area (Å²) in [7, 11) is 2.09. The fourth-order valence-electron chi connectivity index (χ4n) is 5.95. The first kappa shape index (κ1) is 23.0. The second-order valence-electron chi connectivity index (χ2n) is 10.2. The lowest BCUT2D eigenvalue weighted by Gasteiger charge is -2.35. The summed E-state index contributed by atoms with van der Waals surface area (Å²) in [6.07, 6.45) is 10.7. The maximum Gasteiger partial charge on any atom is 0.236 e. The Bertz CT molecular complexity index is 979. The molecule has 3 heterocycles. The molecule has 0 aromatic carbocycles. The molecular weight excluding hydrogens is 436 g/mol. The van der Waals surface area contributed by atoms with E-state index in [-0.39, 0.29) is 18.1 Å². The van der Waals surface area contributed by atoms with E-state index in [9.17, 15) is 9.90 Å². The Kier molecular flexibility index (Phi) is 6.86. The Labute approximate surface area is 200 Å². The summed E-state index contributed by atoms with van der Waals surface area (Å²) in [6, 6.07) is 0.433. The fourth-order valence-corrected chi connectivity index (χ4v) is 7.18. The molecule has 1 aliphatic heterocycles. The van der Waals surface area contributed by atoms with Crippen LogP contribution in [-0.4, -0.2) is 75.7 Å². The number of fused-ring (bicyclic) bond motifs is 3. The van der Waals surface area contributed by atoms with Crippen LogP contribution >= 0.6 is 11.3 Å². The van der Waals surface area contributed by atoms with E-state index in [0.717, 1.165) is 87.0 Å². The molecule has 0 spiro atoms. The van der Waals surface area contributed by atoms with Crippen LogP contribution < -0.4 is 4.74 Å². The van der Waals surface area contributed by atoms with Crippen molar-refractivity contribution in [1.82, 2.24) is 19.8 Å². The number of thiophene rings is 1. The van der Waals surface area contributed by atoms with Gasteiger partial charge in [-0.25, -0.2) is 9.97 Å². The van der Waals surface area contributed by atoms with Gasteiger partial charge in [0.1, 0.15) is 17.3 Å². The van der Waals surface area contributed by atoms with E-state index in [2.05, 4.69) is 21.9 Å². The molecule has 2 aromatic rings. The van der Waals surface area contributed by atoms with E-state index in [1.807, 2.05) is 11.8 Å². The first-order valence-corrected chi connectivity index (χ1v) is 13.4. The van der Waals surface area contributed by atoms with E-state index >= 15 is 0 Å². The minimum absolute atomic E-state index is 0.147. The molecule has 2 aromatic heterocycles. The number of hydrogen-bond acceptors (Lipinski definition) is 7. The van der Waals surface area contributed by atoms with E-state index in [1.54, 1.807) is 17.7 Å². The Morgan fingerprint density at radius 1 is 1.24 bits per heavy atom. The number of ether oxygens (including phenoxy) is 1. The number of hydrogen-bond donors (Lipinski definition) is 1. The minimum atomic E-state index is -0.311. The number of amides is 1. The fraction of sp³-hybridized carbons (Fsp3) is 0.720. The lowest BCUT2D eigenvalue weighted by molar-refractivity contribution is -0.131. The minimum Gasteiger partial charge on any atom is -0.474 e. The zero-order valence-electron chi connectivity index (χ0n) is 19.8. The molecule has 33 heavy (non-hydrogen) atoms. The lowest BCUT2D eigenvalue weighted by atomic mass is 9.92. The maximum absolute atomic E-state index is 12.5. The van der Waals surface area contributed by atoms with Gasteiger partial charge in [0.15, 0.2) is 0 Å². The van der Waals surface area contributed by atoms with Gasteiger partial charge in [0.2, 0.25) is 11.8 Å². The lowest BCUT2D eigenvalue weighted by Crippen LogP contribution is -2.44. The number of likely N-dealkylation sites (N-methyl/N-ethyl adjacent to an activating group) is 1. The van der Waals surface area contributed by atoms with Gasteiger partial charge >= 0.3 is 0 Å². The van der Waals surface area contributed by atoms with Gasteiger partial charge in [-0.15, -0.1) is 11.3 Å². The highest BCUT2D eigenvalue weighted by Gasteiger charge is 2.32. The Hall–Kier alpha value is -1.77. The molecule has 1 N–H and O–H groups in total. The number of rotatable bonds is 7. The van der Waals surface area contributed by atoms with Gasteiger partial charge in [-0.05, 0) is 83.2 Å². The third-order valence-electron chi connectivity index (χ3n) is 7.71. The molecule has 3 aliphatic rings. The van der Waals surface area contributed by atoms with Crippen molar-refractivity contribution in [2.45, 2.75) is 88.9 Å². The van der Waals surface area contributed by atoms with Crippen molar-refractivity contribution in [2.75, 3.05) is 26.7 Å². The quantitative estimate of drug-likeness (QED) is 0.661. The molecule has 2 fully saturated rings. The van der Waals surface area contributed by atoms with Crippen LogP contribution in [0.5, 0.6) is 5.88 Å². The SMILES string of the molecule is C[C@@H](O)C[C@H]1CCc2sc3ncnc(O[C@H]4CC[C@H](N(C)CC(=O)N5CCCC5)CC4)c3c21. The molecule has 1 saturated heterocycles. The van der Waals surface area contributed by atoms with E-state index in [0.29, 0.717) is 18.5 Å². The highest BCUT2D eigenvalue weighted by molar-refractivity contribution is 7.19. The predicted molar refractivity (Wildman–Crippen MR) is 130 cm³/mol. The van der Waals surface area contributed by atoms with Crippen molar-refractivity contribution in [3.63, 3.8) is 0 Å². The largest absolute Gasteiger partial charge is 0.474 e. The molecule has 2 atom stereocenters. The van der Waals surface area contributed by atoms with Crippen molar-refractivity contribution < 1.29 is 14.6 Å². The smallest absolute Gasteiger partial charge is 0.236 e. The van der Waals surface area contributed by atoms with Gasteiger partial charge in [0.05, 0.1) is 18.0 Å². The van der Waals surface area contributed by atoms with Gasteiger partial charge in [-0.1, -0.05) is 0 Å². The standard InChI is InChI=1S/C25H36N4O3S/c1-16(30)13-17-5-10-20-22(17)23-24(26-15-27-25(23)33-20)32-19-8-6-18(7-9-19)28(2)14-21(31)29-11-3-4-12-29/h15-19,30H,3-14H2,1-2H3/t16-,17-,18-,19-/m1/s1. The monoisotopic (exact) mass is 472 g/mol. The molecule has 0 radical (unpaired) electrons. The van der Waals surface area contributed by atoms with E-state index in [1.165, 1.54) is 10.4 Å². The van der Waals surface area contributed by atoms with Crippen LogP contribution in [-0.2, 0) is 11.2 Å². The van der Waals surface area contributed by atoms with Crippen LogP contribution in [0.1, 0.15) is 74.6 Å². The summed E-state index contributed by atoms with van der Waals surface area (Å²) in [6.45, 7) is 4.24. The molecule has 5 rings (SSSR count). The predicted octanol–water partition coefficient (Wildman–Crippen LogP) is 3.74. The number of aryl methyl sites for hydroxylation is 1. The Morgan fingerprint density at radius 2 is 2.00 bits per heavy atom. The van der Waals surface area contributed by atoms with Gasteiger partial charge in [0.25, 0.3) is 0 Å². The average Bonchev–Trinajstić information content (AvgIpc) is 3.52. The number of aliphatic hydroxyl groups excluding tert-OH is 1. The van der Waals surface area contributed by atoms with Crippen molar-refractivity contribution >= 4 is 27.5 Å². The van der Waals surface area contributed by atoms with Crippen LogP contribution in [0, 0.1) is 0 Å². The van der Waals surface area contributed by atoms with Gasteiger partial charge < -0.3 is 14.7 Å². The summed E-state index contributed by atoms with van der Waals surface area (Å²) in [4.78, 5) is 28.2. The molecule has 0 unspecified atom stereocenters. The van der Waals surface area contributed by atoms with Gasteiger partial charge in [-0.3, -0.25) is 9.69 Å². The topological polar surface area (TPSA) is 78.8 Å². The van der Waals surface area contributed by atoms with Gasteiger partial charge in [0, 0.05) is 24.0 Å². The number of aromatic nitrogens is 2. The zero-order chi connectivity index (χ0) is 22.9.